The molecule has 2 atom stereocenters. The molecule has 1 aromatic heterocycles. The molecular weight excluding hydrogens is 370 g/mol. The molecular formula is C22H27N3O2S. The van der Waals surface area contributed by atoms with Crippen molar-refractivity contribution in [2.45, 2.75) is 19.3 Å². The van der Waals surface area contributed by atoms with Crippen LogP contribution in [0, 0.1) is 11.8 Å². The molecule has 148 valence electrons. The fourth-order valence-electron chi connectivity index (χ4n) is 4.19. The Kier molecular flexibility index (Phi) is 5.95. The van der Waals surface area contributed by atoms with E-state index in [1.165, 1.54) is 17.0 Å². The average Bonchev–Trinajstić information content (AvgIpc) is 3.44. The third kappa shape index (κ3) is 4.38. The van der Waals surface area contributed by atoms with Crippen molar-refractivity contribution in [2.75, 3.05) is 37.6 Å². The fourth-order valence-corrected chi connectivity index (χ4v) is 4.88. The minimum atomic E-state index is -0.0932. The number of anilines is 1. The Bertz CT molecular complexity index is 793. The molecule has 1 aromatic carbocycles. The second kappa shape index (κ2) is 8.78. The van der Waals surface area contributed by atoms with Crippen LogP contribution in [0.25, 0.3) is 0 Å². The zero-order valence-electron chi connectivity index (χ0n) is 16.0. The van der Waals surface area contributed by atoms with E-state index in [2.05, 4.69) is 34.5 Å². The van der Waals surface area contributed by atoms with Crippen LogP contribution in [-0.2, 0) is 4.79 Å². The Morgan fingerprint density at radius 1 is 1.04 bits per heavy atom. The molecule has 28 heavy (non-hydrogen) atoms. The van der Waals surface area contributed by atoms with E-state index in [0.717, 1.165) is 50.3 Å². The van der Waals surface area contributed by atoms with Gasteiger partial charge in [0.05, 0.1) is 10.8 Å². The second-order valence-electron chi connectivity index (χ2n) is 7.75. The van der Waals surface area contributed by atoms with Gasteiger partial charge in [0.25, 0.3) is 5.91 Å². The lowest BCUT2D eigenvalue weighted by molar-refractivity contribution is -0.126. The van der Waals surface area contributed by atoms with Crippen molar-refractivity contribution in [1.29, 1.82) is 0 Å². The first kappa shape index (κ1) is 19.0. The van der Waals surface area contributed by atoms with Gasteiger partial charge in [-0.2, -0.15) is 0 Å². The molecule has 2 fully saturated rings. The summed E-state index contributed by atoms with van der Waals surface area (Å²) >= 11 is 1.46. The Morgan fingerprint density at radius 3 is 2.68 bits per heavy atom. The van der Waals surface area contributed by atoms with Crippen LogP contribution in [-0.4, -0.2) is 49.4 Å². The summed E-state index contributed by atoms with van der Waals surface area (Å²) in [6.45, 7) is 4.02. The number of para-hydroxylation sites is 1. The minimum Gasteiger partial charge on any atom is -0.371 e. The largest absolute Gasteiger partial charge is 0.371 e. The molecule has 2 aliphatic heterocycles. The summed E-state index contributed by atoms with van der Waals surface area (Å²) in [5.41, 5.74) is 1.26. The molecule has 6 heteroatoms. The van der Waals surface area contributed by atoms with Gasteiger partial charge in [0, 0.05) is 38.4 Å². The summed E-state index contributed by atoms with van der Waals surface area (Å²) < 4.78 is 0. The molecule has 1 N–H and O–H groups in total. The van der Waals surface area contributed by atoms with Crippen molar-refractivity contribution >= 4 is 28.8 Å². The number of rotatable bonds is 5. The van der Waals surface area contributed by atoms with Crippen LogP contribution >= 0.6 is 11.3 Å². The maximum atomic E-state index is 12.7. The fraction of sp³-hybridized carbons (Fsp3) is 0.455. The van der Waals surface area contributed by atoms with Crippen molar-refractivity contribution in [2.24, 2.45) is 11.8 Å². The smallest absolute Gasteiger partial charge is 0.263 e. The number of carbonyl (C=O) groups is 2. The van der Waals surface area contributed by atoms with Gasteiger partial charge >= 0.3 is 0 Å². The first-order chi connectivity index (χ1) is 13.7. The zero-order chi connectivity index (χ0) is 19.3. The number of amides is 2. The monoisotopic (exact) mass is 397 g/mol. The number of piperidine rings is 1. The van der Waals surface area contributed by atoms with Crippen LogP contribution in [0.3, 0.4) is 0 Å². The number of nitrogens with zero attached hydrogens (tertiary/aromatic N) is 2. The van der Waals surface area contributed by atoms with Gasteiger partial charge in [-0.1, -0.05) is 24.3 Å². The number of hydrogen-bond donors (Lipinski definition) is 1. The molecule has 0 spiro atoms. The van der Waals surface area contributed by atoms with E-state index in [-0.39, 0.29) is 17.7 Å². The van der Waals surface area contributed by atoms with Crippen LogP contribution in [0.15, 0.2) is 47.8 Å². The van der Waals surface area contributed by atoms with Gasteiger partial charge < -0.3 is 15.1 Å². The Morgan fingerprint density at radius 2 is 1.89 bits per heavy atom. The van der Waals surface area contributed by atoms with Crippen molar-refractivity contribution in [3.8, 4) is 0 Å². The maximum absolute atomic E-state index is 12.7. The third-order valence-corrected chi connectivity index (χ3v) is 6.64. The highest BCUT2D eigenvalue weighted by Gasteiger charge is 2.30. The van der Waals surface area contributed by atoms with E-state index in [0.29, 0.717) is 12.5 Å². The molecule has 2 amide bonds. The van der Waals surface area contributed by atoms with E-state index in [1.807, 2.05) is 28.5 Å². The van der Waals surface area contributed by atoms with Crippen LogP contribution in [0.2, 0.25) is 0 Å². The van der Waals surface area contributed by atoms with Gasteiger partial charge in [-0.3, -0.25) is 9.59 Å². The summed E-state index contributed by atoms with van der Waals surface area (Å²) in [5.74, 6) is 0.546. The average molecular weight is 398 g/mol. The van der Waals surface area contributed by atoms with Gasteiger partial charge in [0.2, 0.25) is 5.91 Å². The summed E-state index contributed by atoms with van der Waals surface area (Å²) in [4.78, 5) is 30.3. The summed E-state index contributed by atoms with van der Waals surface area (Å²) in [7, 11) is 0. The van der Waals surface area contributed by atoms with Crippen molar-refractivity contribution < 1.29 is 9.59 Å². The van der Waals surface area contributed by atoms with E-state index in [9.17, 15) is 9.59 Å². The predicted octanol–water partition coefficient (Wildman–Crippen LogP) is 3.24. The molecule has 4 rings (SSSR count). The molecule has 2 unspecified atom stereocenters. The number of benzene rings is 1. The first-order valence-electron chi connectivity index (χ1n) is 10.1. The topological polar surface area (TPSA) is 52.7 Å². The molecule has 2 aliphatic rings. The van der Waals surface area contributed by atoms with Crippen molar-refractivity contribution in [1.82, 2.24) is 10.2 Å². The number of thiophene rings is 1. The highest BCUT2D eigenvalue weighted by Crippen LogP contribution is 2.24. The van der Waals surface area contributed by atoms with Crippen LogP contribution in [0.1, 0.15) is 28.9 Å². The Labute approximate surface area is 170 Å². The molecule has 0 saturated carbocycles. The lowest BCUT2D eigenvalue weighted by atomic mass is 9.96. The van der Waals surface area contributed by atoms with E-state index >= 15 is 0 Å². The van der Waals surface area contributed by atoms with E-state index in [4.69, 9.17) is 0 Å². The highest BCUT2D eigenvalue weighted by molar-refractivity contribution is 7.12. The quantitative estimate of drug-likeness (QED) is 0.843. The summed E-state index contributed by atoms with van der Waals surface area (Å²) in [6, 6.07) is 14.2. The molecule has 5 nitrogen and oxygen atoms in total. The van der Waals surface area contributed by atoms with Gasteiger partial charge in [0.15, 0.2) is 0 Å². The van der Waals surface area contributed by atoms with Gasteiger partial charge in [-0.15, -0.1) is 11.3 Å². The maximum Gasteiger partial charge on any atom is 0.263 e. The van der Waals surface area contributed by atoms with E-state index < -0.39 is 0 Å². The molecule has 2 saturated heterocycles. The lowest BCUT2D eigenvalue weighted by Crippen LogP contribution is -2.46. The lowest BCUT2D eigenvalue weighted by Gasteiger charge is -2.32. The van der Waals surface area contributed by atoms with Crippen LogP contribution < -0.4 is 10.2 Å². The Hall–Kier alpha value is -2.34. The summed E-state index contributed by atoms with van der Waals surface area (Å²) in [5, 5.41) is 5.08. The number of nitrogens with one attached hydrogen (secondary N) is 1. The number of carbonyl (C=O) groups excluding carboxylic acids is 2. The minimum absolute atomic E-state index is 0.0572. The normalized spacial score (nSPS) is 22.3. The van der Waals surface area contributed by atoms with Gasteiger partial charge in [-0.05, 0) is 48.8 Å². The van der Waals surface area contributed by atoms with E-state index in [1.54, 1.807) is 0 Å². The SMILES string of the molecule is O=C(NCC1CCN(c2ccccc2)C1)C1CCCN(C(=O)c2cccs2)C1. The van der Waals surface area contributed by atoms with Crippen LogP contribution in [0.5, 0.6) is 0 Å². The van der Waals surface area contributed by atoms with Crippen molar-refractivity contribution in [3.63, 3.8) is 0 Å². The predicted molar refractivity (Wildman–Crippen MR) is 113 cm³/mol. The second-order valence-corrected chi connectivity index (χ2v) is 8.70. The summed E-state index contributed by atoms with van der Waals surface area (Å²) in [6.07, 6.45) is 2.85. The molecule has 2 aromatic rings. The van der Waals surface area contributed by atoms with Gasteiger partial charge in [-0.25, -0.2) is 0 Å². The first-order valence-corrected chi connectivity index (χ1v) is 11.0. The van der Waals surface area contributed by atoms with Gasteiger partial charge in [0.1, 0.15) is 0 Å². The standard InChI is InChI=1S/C22H27N3O2S/c26-21(18-6-4-11-25(16-18)22(27)20-9-5-13-28-20)23-14-17-10-12-24(15-17)19-7-2-1-3-8-19/h1-3,5,7-9,13,17-18H,4,6,10-12,14-16H2,(H,23,26). The zero-order valence-corrected chi connectivity index (χ0v) is 16.9. The third-order valence-electron chi connectivity index (χ3n) is 5.78. The highest BCUT2D eigenvalue weighted by atomic mass is 32.1. The molecule has 3 heterocycles. The van der Waals surface area contributed by atoms with Crippen LogP contribution in [0.4, 0.5) is 5.69 Å². The molecule has 0 bridgehead atoms. The van der Waals surface area contributed by atoms with Crippen molar-refractivity contribution in [3.05, 3.63) is 52.7 Å². The number of likely N-dealkylation sites (tertiary alicyclic amines) is 1. The molecule has 0 radical (unpaired) electrons. The Balaban J connectivity index is 1.25. The number of hydrogen-bond acceptors (Lipinski definition) is 4. The molecule has 0 aliphatic carbocycles.